The van der Waals surface area contributed by atoms with E-state index in [1.165, 1.54) is 0 Å². The first kappa shape index (κ1) is 19.5. The number of halogens is 2. The van der Waals surface area contributed by atoms with Gasteiger partial charge in [-0.3, -0.25) is 0 Å². The van der Waals surface area contributed by atoms with Crippen LogP contribution in [0.3, 0.4) is 0 Å². The van der Waals surface area contributed by atoms with Gasteiger partial charge in [-0.15, -0.1) is 0 Å². The van der Waals surface area contributed by atoms with Crippen molar-refractivity contribution in [2.45, 2.75) is 80.7 Å². The zero-order valence-electron chi connectivity index (χ0n) is 14.6. The van der Waals surface area contributed by atoms with Gasteiger partial charge in [-0.2, -0.15) is 0 Å². The summed E-state index contributed by atoms with van der Waals surface area (Å²) in [5, 5.41) is 0. The molecule has 0 amide bonds. The summed E-state index contributed by atoms with van der Waals surface area (Å²) >= 11 is 7.62. The largest absolute Gasteiger partial charge is 0.543 e. The van der Waals surface area contributed by atoms with E-state index in [2.05, 4.69) is 105 Å². The lowest BCUT2D eigenvalue weighted by molar-refractivity contribution is 0.378. The zero-order valence-corrected chi connectivity index (χ0v) is 18.8. The summed E-state index contributed by atoms with van der Waals surface area (Å²) in [6, 6.07) is 0. The number of alkyl halides is 2. The third-order valence-electron chi connectivity index (χ3n) is 4.93. The van der Waals surface area contributed by atoms with Gasteiger partial charge in [0, 0.05) is 0 Å². The maximum absolute atomic E-state index is 6.75. The van der Waals surface area contributed by atoms with Crippen molar-refractivity contribution in [3.05, 3.63) is 24.0 Å². The molecule has 1 nitrogen and oxygen atoms in total. The Morgan fingerprint density at radius 2 is 1.33 bits per heavy atom. The molecule has 0 bridgehead atoms. The van der Waals surface area contributed by atoms with Gasteiger partial charge < -0.3 is 4.43 Å². The van der Waals surface area contributed by atoms with E-state index >= 15 is 0 Å². The summed E-state index contributed by atoms with van der Waals surface area (Å²) in [6.45, 7) is 18.3. The van der Waals surface area contributed by atoms with Crippen LogP contribution in [-0.4, -0.2) is 17.0 Å². The third-order valence-corrected chi connectivity index (χ3v) is 13.6. The van der Waals surface area contributed by atoms with Gasteiger partial charge in [0.15, 0.2) is 0 Å². The van der Waals surface area contributed by atoms with E-state index in [9.17, 15) is 0 Å². The quantitative estimate of drug-likeness (QED) is 0.334. The van der Waals surface area contributed by atoms with Gasteiger partial charge in [0.25, 0.3) is 8.32 Å². The molecule has 0 aromatic heterocycles. The van der Waals surface area contributed by atoms with Gasteiger partial charge in [-0.05, 0) is 42.6 Å². The predicted octanol–water partition coefficient (Wildman–Crippen LogP) is 6.94. The minimum absolute atomic E-state index is 0.0927. The Morgan fingerprint density at radius 1 is 0.905 bits per heavy atom. The lowest BCUT2D eigenvalue weighted by Gasteiger charge is -2.44. The second kappa shape index (κ2) is 6.52. The molecule has 1 aliphatic carbocycles. The van der Waals surface area contributed by atoms with E-state index in [0.29, 0.717) is 16.6 Å². The minimum Gasteiger partial charge on any atom is -0.543 e. The average molecular weight is 438 g/mol. The molecule has 1 rings (SSSR count). The van der Waals surface area contributed by atoms with Gasteiger partial charge in [0.2, 0.25) is 0 Å². The SMILES string of the molecule is CC(C)[Si](OC1=CC(C)(Br)C(C)(Br)C=C1)(C(C)C)C(C)C. The van der Waals surface area contributed by atoms with Gasteiger partial charge >= 0.3 is 0 Å². The molecule has 0 heterocycles. The predicted molar refractivity (Wildman–Crippen MR) is 104 cm³/mol. The topological polar surface area (TPSA) is 9.23 Å². The fraction of sp³-hybridized carbons (Fsp3) is 0.765. The highest BCUT2D eigenvalue weighted by molar-refractivity contribution is 9.13. The summed E-state index contributed by atoms with van der Waals surface area (Å²) in [7, 11) is -1.88. The van der Waals surface area contributed by atoms with Crippen LogP contribution in [0.25, 0.3) is 0 Å². The van der Waals surface area contributed by atoms with E-state index in [0.717, 1.165) is 5.76 Å². The van der Waals surface area contributed by atoms with Crippen LogP contribution >= 0.6 is 31.9 Å². The second-order valence-electron chi connectivity index (χ2n) is 7.45. The van der Waals surface area contributed by atoms with E-state index in [4.69, 9.17) is 4.43 Å². The monoisotopic (exact) mass is 436 g/mol. The molecular weight excluding hydrogens is 408 g/mol. The first-order chi connectivity index (χ1) is 9.37. The molecule has 122 valence electrons. The van der Waals surface area contributed by atoms with Crippen LogP contribution in [-0.2, 0) is 4.43 Å². The molecule has 2 atom stereocenters. The van der Waals surface area contributed by atoms with Gasteiger partial charge in [0.1, 0.15) is 0 Å². The summed E-state index contributed by atoms with van der Waals surface area (Å²) in [5.74, 6) is 1.02. The first-order valence-corrected chi connectivity index (χ1v) is 11.6. The Kier molecular flexibility index (Phi) is 6.06. The van der Waals surface area contributed by atoms with Crippen molar-refractivity contribution in [1.29, 1.82) is 0 Å². The number of hydrogen-bond acceptors (Lipinski definition) is 1. The maximum atomic E-state index is 6.75. The van der Waals surface area contributed by atoms with Crippen LogP contribution in [0, 0.1) is 0 Å². The standard InChI is InChI=1S/C17H30Br2OSi/c1-12(2)21(13(3)4,14(5)6)20-15-9-10-16(7,18)17(8,19)11-15/h9-14H,1-8H3. The number of rotatable bonds is 5. The van der Waals surface area contributed by atoms with E-state index < -0.39 is 8.32 Å². The van der Waals surface area contributed by atoms with Crippen LogP contribution in [0.15, 0.2) is 24.0 Å². The Labute approximate surface area is 149 Å². The van der Waals surface area contributed by atoms with Crippen molar-refractivity contribution in [1.82, 2.24) is 0 Å². The first-order valence-electron chi connectivity index (χ1n) is 7.85. The lowest BCUT2D eigenvalue weighted by atomic mass is 9.91. The number of allylic oxidation sites excluding steroid dienone is 3. The summed E-state index contributed by atoms with van der Waals surface area (Å²) in [4.78, 5) is 0. The fourth-order valence-electron chi connectivity index (χ4n) is 3.48. The smallest absolute Gasteiger partial charge is 0.258 e. The molecule has 4 heteroatoms. The summed E-state index contributed by atoms with van der Waals surface area (Å²) in [6.07, 6.45) is 6.54. The molecule has 0 saturated heterocycles. The highest BCUT2D eigenvalue weighted by Crippen LogP contribution is 2.48. The maximum Gasteiger partial charge on any atom is 0.258 e. The third kappa shape index (κ3) is 3.69. The molecule has 0 fully saturated rings. The molecule has 0 aromatic rings. The van der Waals surface area contributed by atoms with Crippen LogP contribution in [0.2, 0.25) is 16.6 Å². The highest BCUT2D eigenvalue weighted by Gasteiger charge is 2.48. The van der Waals surface area contributed by atoms with Crippen molar-refractivity contribution >= 4 is 40.2 Å². The molecular formula is C17H30Br2OSi. The average Bonchev–Trinajstić information content (AvgIpc) is 2.29. The summed E-state index contributed by atoms with van der Waals surface area (Å²) in [5.41, 5.74) is 1.77. The molecule has 1 aliphatic rings. The Morgan fingerprint density at radius 3 is 1.67 bits per heavy atom. The fourth-order valence-corrected chi connectivity index (χ4v) is 9.33. The molecule has 0 N–H and O–H groups in total. The summed E-state index contributed by atoms with van der Waals surface area (Å²) < 4.78 is 6.52. The molecule has 0 spiro atoms. The minimum atomic E-state index is -1.88. The van der Waals surface area contributed by atoms with E-state index in [1.54, 1.807) is 0 Å². The molecule has 21 heavy (non-hydrogen) atoms. The van der Waals surface area contributed by atoms with Crippen molar-refractivity contribution in [2.24, 2.45) is 0 Å². The second-order valence-corrected chi connectivity index (χ2v) is 16.1. The molecule has 2 unspecified atom stereocenters. The molecule has 0 saturated carbocycles. The van der Waals surface area contributed by atoms with Crippen LogP contribution in [0.4, 0.5) is 0 Å². The van der Waals surface area contributed by atoms with Gasteiger partial charge in [-0.1, -0.05) is 79.5 Å². The lowest BCUT2D eigenvalue weighted by Crippen LogP contribution is -2.48. The molecule has 0 radical (unpaired) electrons. The Balaban J connectivity index is 3.18. The van der Waals surface area contributed by atoms with Crippen molar-refractivity contribution < 1.29 is 4.43 Å². The van der Waals surface area contributed by atoms with Gasteiger partial charge in [0.05, 0.1) is 14.4 Å². The van der Waals surface area contributed by atoms with E-state index in [-0.39, 0.29) is 8.65 Å². The van der Waals surface area contributed by atoms with Gasteiger partial charge in [-0.25, -0.2) is 0 Å². The van der Waals surface area contributed by atoms with Crippen molar-refractivity contribution in [3.8, 4) is 0 Å². The Hall–Kier alpha value is 0.457. The zero-order chi connectivity index (χ0) is 16.6. The normalized spacial score (nSPS) is 30.2. The van der Waals surface area contributed by atoms with Crippen LogP contribution in [0.1, 0.15) is 55.4 Å². The van der Waals surface area contributed by atoms with Crippen LogP contribution in [0.5, 0.6) is 0 Å². The van der Waals surface area contributed by atoms with Crippen molar-refractivity contribution in [3.63, 3.8) is 0 Å². The Bertz CT molecular complexity index is 412. The molecule has 0 aromatic carbocycles. The van der Waals surface area contributed by atoms with Crippen molar-refractivity contribution in [2.75, 3.05) is 0 Å². The number of hydrogen-bond donors (Lipinski definition) is 0. The highest BCUT2D eigenvalue weighted by atomic mass is 79.9. The van der Waals surface area contributed by atoms with Crippen LogP contribution < -0.4 is 0 Å². The van der Waals surface area contributed by atoms with E-state index in [1.807, 2.05) is 0 Å². The molecule has 0 aliphatic heterocycles.